The van der Waals surface area contributed by atoms with Gasteiger partial charge in [-0.15, -0.1) is 0 Å². The molecule has 0 spiro atoms. The molecule has 0 aliphatic rings. The van der Waals surface area contributed by atoms with E-state index < -0.39 is 24.0 Å². The van der Waals surface area contributed by atoms with Crippen molar-refractivity contribution in [1.82, 2.24) is 4.98 Å². The van der Waals surface area contributed by atoms with Gasteiger partial charge in [0.05, 0.1) is 17.9 Å². The number of H-pyrrole nitrogens is 1. The van der Waals surface area contributed by atoms with Crippen LogP contribution in [-0.4, -0.2) is 30.8 Å². The lowest BCUT2D eigenvalue weighted by molar-refractivity contribution is -0.144. The van der Waals surface area contributed by atoms with E-state index >= 15 is 0 Å². The zero-order valence-electron chi connectivity index (χ0n) is 16.6. The fraction of sp³-hybridized carbons (Fsp3) is 0.450. The smallest absolute Gasteiger partial charge is 0.416 e. The highest BCUT2D eigenvalue weighted by atomic mass is 19.4. The van der Waals surface area contributed by atoms with Crippen LogP contribution in [0, 0.1) is 0 Å². The van der Waals surface area contributed by atoms with Gasteiger partial charge in [0.25, 0.3) is 0 Å². The Balaban J connectivity index is 2.32. The fourth-order valence-corrected chi connectivity index (χ4v) is 2.76. The maximum atomic E-state index is 13.2. The molecule has 0 bridgehead atoms. The summed E-state index contributed by atoms with van der Waals surface area (Å²) in [5.41, 5.74) is 0.782. The van der Waals surface area contributed by atoms with Crippen LogP contribution in [0.3, 0.4) is 0 Å². The molecular formula is C20H25F3N2O4. The van der Waals surface area contributed by atoms with E-state index in [2.05, 4.69) is 10.3 Å². The largest absolute Gasteiger partial charge is 0.461 e. The Morgan fingerprint density at radius 2 is 1.79 bits per heavy atom. The lowest BCUT2D eigenvalue weighted by Crippen LogP contribution is -2.16. The molecule has 0 amide bonds. The summed E-state index contributed by atoms with van der Waals surface area (Å²) >= 11 is 0. The maximum Gasteiger partial charge on any atom is 0.416 e. The molecule has 2 N–H and O–H groups in total. The van der Waals surface area contributed by atoms with E-state index in [0.717, 1.165) is 12.1 Å². The minimum absolute atomic E-state index is 0.161. The Hall–Kier alpha value is -2.52. The molecule has 0 aliphatic carbocycles. The molecule has 2 rings (SSSR count). The molecule has 0 aliphatic heterocycles. The van der Waals surface area contributed by atoms with Crippen LogP contribution in [0.5, 0.6) is 0 Å². The summed E-state index contributed by atoms with van der Waals surface area (Å²) < 4.78 is 55.6. The third-order valence-electron chi connectivity index (χ3n) is 4.06. The van der Waals surface area contributed by atoms with Crippen LogP contribution < -0.4 is 5.32 Å². The van der Waals surface area contributed by atoms with Crippen LogP contribution in [-0.2, 0) is 26.9 Å². The van der Waals surface area contributed by atoms with E-state index in [4.69, 9.17) is 14.2 Å². The van der Waals surface area contributed by atoms with Gasteiger partial charge in [0.15, 0.2) is 6.29 Å². The van der Waals surface area contributed by atoms with Gasteiger partial charge in [-0.05, 0) is 44.5 Å². The number of carbonyl (C=O) groups is 1. The first kappa shape index (κ1) is 22.8. The highest BCUT2D eigenvalue weighted by Gasteiger charge is 2.32. The molecule has 0 atom stereocenters. The highest BCUT2D eigenvalue weighted by Crippen LogP contribution is 2.34. The van der Waals surface area contributed by atoms with Crippen molar-refractivity contribution in [3.05, 3.63) is 52.8 Å². The first-order valence-corrected chi connectivity index (χ1v) is 9.33. The summed E-state index contributed by atoms with van der Waals surface area (Å²) in [7, 11) is 0. The summed E-state index contributed by atoms with van der Waals surface area (Å²) in [4.78, 5) is 14.8. The number of carbonyl (C=O) groups excluding carboxylic acids is 1. The van der Waals surface area contributed by atoms with E-state index in [1.54, 1.807) is 33.0 Å². The monoisotopic (exact) mass is 414 g/mol. The zero-order chi connectivity index (χ0) is 21.4. The average molecular weight is 414 g/mol. The molecule has 6 nitrogen and oxygen atoms in total. The van der Waals surface area contributed by atoms with Gasteiger partial charge in [0.2, 0.25) is 0 Å². The Bertz CT molecular complexity index is 799. The average Bonchev–Trinajstić information content (AvgIpc) is 3.14. The molecule has 0 unspecified atom stereocenters. The van der Waals surface area contributed by atoms with Gasteiger partial charge in [0.1, 0.15) is 5.69 Å². The van der Waals surface area contributed by atoms with Crippen LogP contribution >= 0.6 is 0 Å². The van der Waals surface area contributed by atoms with Crippen molar-refractivity contribution in [2.45, 2.75) is 39.8 Å². The Labute approximate surface area is 167 Å². The highest BCUT2D eigenvalue weighted by molar-refractivity contribution is 5.93. The number of hydrogen-bond donors (Lipinski definition) is 2. The van der Waals surface area contributed by atoms with E-state index in [1.807, 2.05) is 0 Å². The number of rotatable bonds is 10. The molecule has 1 heterocycles. The molecule has 2 aromatic rings. The summed E-state index contributed by atoms with van der Waals surface area (Å²) in [5.74, 6) is -0.519. The van der Waals surface area contributed by atoms with Crippen molar-refractivity contribution in [3.63, 3.8) is 0 Å². The number of aromatic amines is 1. The van der Waals surface area contributed by atoms with Crippen LogP contribution in [0.15, 0.2) is 30.5 Å². The van der Waals surface area contributed by atoms with Crippen molar-refractivity contribution >= 4 is 11.7 Å². The number of alkyl halides is 3. The van der Waals surface area contributed by atoms with Crippen molar-refractivity contribution in [2.75, 3.05) is 25.1 Å². The van der Waals surface area contributed by atoms with Crippen molar-refractivity contribution in [3.8, 4) is 0 Å². The van der Waals surface area contributed by atoms with Gasteiger partial charge in [-0.2, -0.15) is 13.2 Å². The van der Waals surface area contributed by atoms with Gasteiger partial charge in [0, 0.05) is 31.5 Å². The second-order valence-corrected chi connectivity index (χ2v) is 5.99. The lowest BCUT2D eigenvalue weighted by atomic mass is 10.0. The van der Waals surface area contributed by atoms with Crippen LogP contribution in [0.25, 0.3) is 0 Å². The van der Waals surface area contributed by atoms with Gasteiger partial charge in [-0.3, -0.25) is 0 Å². The maximum absolute atomic E-state index is 13.2. The predicted molar refractivity (Wildman–Crippen MR) is 102 cm³/mol. The molecule has 1 aromatic heterocycles. The first-order valence-electron chi connectivity index (χ1n) is 9.33. The number of halogens is 3. The SMILES string of the molecule is CCOC(=O)c1[nH]ccc1NCc1ccc(C(F)(F)F)cc1C(OCC)OCC. The number of ether oxygens (including phenoxy) is 3. The standard InChI is InChI=1S/C20H25F3N2O4/c1-4-27-18(26)17-16(9-10-24-17)25-12-13-7-8-14(20(21,22)23)11-15(13)19(28-5-2)29-6-3/h7-11,19,24-25H,4-6,12H2,1-3H3. The molecule has 29 heavy (non-hydrogen) atoms. The molecule has 1 aromatic carbocycles. The van der Waals surface area contributed by atoms with Gasteiger partial charge >= 0.3 is 12.1 Å². The summed E-state index contributed by atoms with van der Waals surface area (Å²) in [6.07, 6.45) is -3.84. The van der Waals surface area contributed by atoms with Crippen LogP contribution in [0.4, 0.5) is 18.9 Å². The minimum Gasteiger partial charge on any atom is -0.461 e. The van der Waals surface area contributed by atoms with Gasteiger partial charge < -0.3 is 24.5 Å². The summed E-state index contributed by atoms with van der Waals surface area (Å²) in [6.45, 7) is 6.12. The third-order valence-corrected chi connectivity index (χ3v) is 4.06. The zero-order valence-corrected chi connectivity index (χ0v) is 16.6. The lowest BCUT2D eigenvalue weighted by Gasteiger charge is -2.22. The fourth-order valence-electron chi connectivity index (χ4n) is 2.76. The number of esters is 1. The minimum atomic E-state index is -4.48. The van der Waals surface area contributed by atoms with Gasteiger partial charge in [-0.25, -0.2) is 4.79 Å². The van der Waals surface area contributed by atoms with Crippen LogP contribution in [0.2, 0.25) is 0 Å². The third kappa shape index (κ3) is 5.98. The number of aromatic nitrogens is 1. The summed E-state index contributed by atoms with van der Waals surface area (Å²) in [5, 5.41) is 3.06. The number of anilines is 1. The normalized spacial score (nSPS) is 11.7. The van der Waals surface area contributed by atoms with Crippen molar-refractivity contribution in [1.29, 1.82) is 0 Å². The van der Waals surface area contributed by atoms with Crippen LogP contribution in [0.1, 0.15) is 54.2 Å². The second-order valence-electron chi connectivity index (χ2n) is 5.99. The van der Waals surface area contributed by atoms with Crippen molar-refractivity contribution < 1.29 is 32.2 Å². The van der Waals surface area contributed by atoms with E-state index in [9.17, 15) is 18.0 Å². The Morgan fingerprint density at radius 3 is 2.38 bits per heavy atom. The quantitative estimate of drug-likeness (QED) is 0.428. The van der Waals surface area contributed by atoms with E-state index in [1.165, 1.54) is 6.07 Å². The molecule has 160 valence electrons. The predicted octanol–water partition coefficient (Wildman–Crippen LogP) is 4.89. The Kier molecular flexibility index (Phi) is 8.10. The topological polar surface area (TPSA) is 72.6 Å². The van der Waals surface area contributed by atoms with E-state index in [0.29, 0.717) is 11.3 Å². The number of nitrogens with one attached hydrogen (secondary N) is 2. The second kappa shape index (κ2) is 10.3. The molecule has 9 heteroatoms. The molecule has 0 fully saturated rings. The summed E-state index contributed by atoms with van der Waals surface area (Å²) in [6, 6.07) is 5.08. The first-order chi connectivity index (χ1) is 13.8. The molecule has 0 saturated carbocycles. The Morgan fingerprint density at radius 1 is 1.10 bits per heavy atom. The van der Waals surface area contributed by atoms with Crippen molar-refractivity contribution in [2.24, 2.45) is 0 Å². The number of hydrogen-bond acceptors (Lipinski definition) is 5. The molecule has 0 radical (unpaired) electrons. The molecule has 0 saturated heterocycles. The van der Waals surface area contributed by atoms with Gasteiger partial charge in [-0.1, -0.05) is 6.07 Å². The van der Waals surface area contributed by atoms with E-state index in [-0.39, 0.29) is 37.6 Å². The number of benzene rings is 1. The molecular weight excluding hydrogens is 389 g/mol.